The number of benzene rings is 1. The molecule has 1 heterocycles. The molecule has 0 spiro atoms. The second kappa shape index (κ2) is 12.6. The van der Waals surface area contributed by atoms with Gasteiger partial charge in [0.1, 0.15) is 5.75 Å². The Hall–Kier alpha value is -2.57. The molecule has 1 saturated heterocycles. The van der Waals surface area contributed by atoms with E-state index in [1.165, 1.54) is 0 Å². The Labute approximate surface area is 197 Å². The van der Waals surface area contributed by atoms with Crippen LogP contribution in [-0.2, 0) is 9.59 Å². The van der Waals surface area contributed by atoms with Crippen LogP contribution in [-0.4, -0.2) is 54.9 Å². The van der Waals surface area contributed by atoms with Crippen LogP contribution in [0, 0.1) is 5.92 Å². The van der Waals surface area contributed by atoms with E-state index in [2.05, 4.69) is 17.6 Å². The maximum absolute atomic E-state index is 13.1. The van der Waals surface area contributed by atoms with Crippen LogP contribution in [0.4, 0.5) is 0 Å². The van der Waals surface area contributed by atoms with E-state index in [9.17, 15) is 14.4 Å². The highest BCUT2D eigenvalue weighted by molar-refractivity contribution is 5.94. The fourth-order valence-electron chi connectivity index (χ4n) is 4.87. The molecule has 2 N–H and O–H groups in total. The van der Waals surface area contributed by atoms with Crippen LogP contribution in [0.1, 0.15) is 81.5 Å². The zero-order valence-electron chi connectivity index (χ0n) is 20.1. The van der Waals surface area contributed by atoms with E-state index >= 15 is 0 Å². The summed E-state index contributed by atoms with van der Waals surface area (Å²) in [4.78, 5) is 40.2. The molecule has 0 radical (unpaired) electrons. The lowest BCUT2D eigenvalue weighted by Gasteiger charge is -2.36. The monoisotopic (exact) mass is 457 g/mol. The quantitative estimate of drug-likeness (QED) is 0.554. The molecule has 0 bridgehead atoms. The highest BCUT2D eigenvalue weighted by Crippen LogP contribution is 2.23. The highest BCUT2D eigenvalue weighted by atomic mass is 16.5. The fourth-order valence-corrected chi connectivity index (χ4v) is 4.87. The first kappa shape index (κ1) is 25.1. The Bertz CT molecular complexity index is 795. The topological polar surface area (TPSA) is 87.7 Å². The number of unbranched alkanes of at least 4 members (excludes halogenated alkanes) is 2. The van der Waals surface area contributed by atoms with Crippen LogP contribution in [0.15, 0.2) is 24.3 Å². The van der Waals surface area contributed by atoms with Crippen LogP contribution in [0.2, 0.25) is 0 Å². The van der Waals surface area contributed by atoms with Gasteiger partial charge in [0.2, 0.25) is 11.8 Å². The third kappa shape index (κ3) is 7.21. The van der Waals surface area contributed by atoms with Gasteiger partial charge >= 0.3 is 0 Å². The summed E-state index contributed by atoms with van der Waals surface area (Å²) in [6.07, 6.45) is 9.08. The molecule has 1 saturated carbocycles. The van der Waals surface area contributed by atoms with E-state index in [0.29, 0.717) is 24.3 Å². The van der Waals surface area contributed by atoms with Gasteiger partial charge in [-0.3, -0.25) is 14.4 Å². The second-order valence-electron chi connectivity index (χ2n) is 9.34. The summed E-state index contributed by atoms with van der Waals surface area (Å²) < 4.78 is 5.16. The first-order valence-electron chi connectivity index (χ1n) is 12.5. The summed E-state index contributed by atoms with van der Waals surface area (Å²) >= 11 is 0. The van der Waals surface area contributed by atoms with Gasteiger partial charge in [0, 0.05) is 37.2 Å². The molecule has 1 aromatic rings. The molecule has 1 aliphatic carbocycles. The van der Waals surface area contributed by atoms with E-state index in [4.69, 9.17) is 4.74 Å². The number of hydrogen-bond acceptors (Lipinski definition) is 4. The maximum Gasteiger partial charge on any atom is 0.251 e. The Morgan fingerprint density at radius 3 is 2.33 bits per heavy atom. The SMILES string of the molecule is CCCCCC(=O)N1CCC[C@H](C(=O)N[C@@H]2CCCC[C@H]2NC(=O)c2ccc(OC)cc2)C1. The van der Waals surface area contributed by atoms with E-state index in [-0.39, 0.29) is 35.7 Å². The molecule has 3 rings (SSSR count). The van der Waals surface area contributed by atoms with Gasteiger partial charge in [-0.2, -0.15) is 0 Å². The highest BCUT2D eigenvalue weighted by Gasteiger charge is 2.33. The standard InChI is InChI=1S/C26H39N3O4/c1-3-4-5-12-24(30)29-17-8-9-20(18-29)26(32)28-23-11-7-6-10-22(23)27-25(31)19-13-15-21(33-2)16-14-19/h13-16,20,22-23H,3-12,17-18H2,1-2H3,(H,27,31)(H,28,32)/t20-,22+,23+/m0/s1. The Balaban J connectivity index is 1.54. The summed E-state index contributed by atoms with van der Waals surface area (Å²) in [5, 5.41) is 6.34. The lowest BCUT2D eigenvalue weighted by atomic mass is 9.88. The Morgan fingerprint density at radius 1 is 0.970 bits per heavy atom. The summed E-state index contributed by atoms with van der Waals surface area (Å²) in [5.74, 6) is 0.582. The molecule has 2 aliphatic rings. The van der Waals surface area contributed by atoms with Crippen molar-refractivity contribution in [3.05, 3.63) is 29.8 Å². The third-order valence-electron chi connectivity index (χ3n) is 6.90. The van der Waals surface area contributed by atoms with Crippen LogP contribution in [0.25, 0.3) is 0 Å². The summed E-state index contributed by atoms with van der Waals surface area (Å²) in [5.41, 5.74) is 0.580. The number of rotatable bonds is 9. The molecule has 7 nitrogen and oxygen atoms in total. The first-order valence-corrected chi connectivity index (χ1v) is 12.5. The number of likely N-dealkylation sites (tertiary alicyclic amines) is 1. The van der Waals surface area contributed by atoms with E-state index < -0.39 is 0 Å². The van der Waals surface area contributed by atoms with E-state index in [0.717, 1.165) is 64.3 Å². The van der Waals surface area contributed by atoms with Gasteiger partial charge in [0.15, 0.2) is 0 Å². The van der Waals surface area contributed by atoms with Crippen molar-refractivity contribution in [2.45, 2.75) is 83.2 Å². The predicted octanol–water partition coefficient (Wildman–Crippen LogP) is 3.67. The minimum Gasteiger partial charge on any atom is -0.497 e. The number of amides is 3. The Morgan fingerprint density at radius 2 is 1.67 bits per heavy atom. The zero-order valence-corrected chi connectivity index (χ0v) is 20.1. The molecule has 33 heavy (non-hydrogen) atoms. The van der Waals surface area contributed by atoms with Crippen molar-refractivity contribution < 1.29 is 19.1 Å². The van der Waals surface area contributed by atoms with Crippen LogP contribution in [0.3, 0.4) is 0 Å². The van der Waals surface area contributed by atoms with E-state index in [1.54, 1.807) is 31.4 Å². The number of nitrogens with one attached hydrogen (secondary N) is 2. The molecule has 1 aromatic carbocycles. The molecule has 0 aromatic heterocycles. The van der Waals surface area contributed by atoms with Gasteiger partial charge in [-0.05, 0) is 56.4 Å². The lowest BCUT2D eigenvalue weighted by Crippen LogP contribution is -2.55. The number of piperidine rings is 1. The summed E-state index contributed by atoms with van der Waals surface area (Å²) in [7, 11) is 1.60. The molecule has 2 fully saturated rings. The van der Waals surface area contributed by atoms with Gasteiger partial charge < -0.3 is 20.3 Å². The zero-order chi connectivity index (χ0) is 23.6. The number of nitrogens with zero attached hydrogens (tertiary/aromatic N) is 1. The van der Waals surface area contributed by atoms with Gasteiger partial charge in [-0.1, -0.05) is 32.6 Å². The lowest BCUT2D eigenvalue weighted by molar-refractivity contribution is -0.136. The first-order chi connectivity index (χ1) is 16.0. The van der Waals surface area contributed by atoms with Gasteiger partial charge in [-0.15, -0.1) is 0 Å². The normalized spacial score (nSPS) is 23.0. The average Bonchev–Trinajstić information content (AvgIpc) is 2.85. The number of hydrogen-bond donors (Lipinski definition) is 2. The second-order valence-corrected chi connectivity index (χ2v) is 9.34. The fraction of sp³-hybridized carbons (Fsp3) is 0.654. The Kier molecular flexibility index (Phi) is 9.58. The predicted molar refractivity (Wildman–Crippen MR) is 128 cm³/mol. The number of methoxy groups -OCH3 is 1. The van der Waals surface area contributed by atoms with Crippen molar-refractivity contribution in [3.63, 3.8) is 0 Å². The van der Waals surface area contributed by atoms with Gasteiger partial charge in [-0.25, -0.2) is 0 Å². The average molecular weight is 458 g/mol. The van der Waals surface area contributed by atoms with Crippen molar-refractivity contribution >= 4 is 17.7 Å². The summed E-state index contributed by atoms with van der Waals surface area (Å²) in [6, 6.07) is 6.87. The van der Waals surface area contributed by atoms with Crippen molar-refractivity contribution in [1.82, 2.24) is 15.5 Å². The minimum absolute atomic E-state index is 0.0108. The molecular weight excluding hydrogens is 418 g/mol. The van der Waals surface area contributed by atoms with Crippen LogP contribution >= 0.6 is 0 Å². The third-order valence-corrected chi connectivity index (χ3v) is 6.90. The number of ether oxygens (including phenoxy) is 1. The molecule has 1 aliphatic heterocycles. The van der Waals surface area contributed by atoms with Crippen LogP contribution in [0.5, 0.6) is 5.75 Å². The smallest absolute Gasteiger partial charge is 0.251 e. The van der Waals surface area contributed by atoms with Crippen molar-refractivity contribution in [2.75, 3.05) is 20.2 Å². The molecule has 0 unspecified atom stereocenters. The largest absolute Gasteiger partial charge is 0.497 e. The molecule has 3 atom stereocenters. The number of carbonyl (C=O) groups is 3. The van der Waals surface area contributed by atoms with Crippen molar-refractivity contribution in [2.24, 2.45) is 5.92 Å². The maximum atomic E-state index is 13.1. The van der Waals surface area contributed by atoms with Crippen molar-refractivity contribution in [1.29, 1.82) is 0 Å². The minimum atomic E-state index is -0.172. The number of carbonyl (C=O) groups excluding carboxylic acids is 3. The molecule has 182 valence electrons. The molecular formula is C26H39N3O4. The van der Waals surface area contributed by atoms with E-state index in [1.807, 2.05) is 4.90 Å². The molecule has 7 heteroatoms. The van der Waals surface area contributed by atoms with Gasteiger partial charge in [0.05, 0.1) is 13.0 Å². The van der Waals surface area contributed by atoms with Crippen LogP contribution < -0.4 is 15.4 Å². The summed E-state index contributed by atoms with van der Waals surface area (Å²) in [6.45, 7) is 3.38. The van der Waals surface area contributed by atoms with Gasteiger partial charge in [0.25, 0.3) is 5.91 Å². The molecule has 3 amide bonds. The van der Waals surface area contributed by atoms with Crippen molar-refractivity contribution in [3.8, 4) is 5.75 Å².